The second-order valence-corrected chi connectivity index (χ2v) is 7.86. The molecule has 1 unspecified atom stereocenters. The molecule has 150 valence electrons. The van der Waals surface area contributed by atoms with Gasteiger partial charge in [-0.3, -0.25) is 9.69 Å². The lowest BCUT2D eigenvalue weighted by Gasteiger charge is -2.41. The third-order valence-electron chi connectivity index (χ3n) is 5.45. The van der Waals surface area contributed by atoms with Gasteiger partial charge in [0, 0.05) is 40.5 Å². The van der Waals surface area contributed by atoms with Gasteiger partial charge < -0.3 is 14.7 Å². The van der Waals surface area contributed by atoms with E-state index in [0.29, 0.717) is 34.1 Å². The summed E-state index contributed by atoms with van der Waals surface area (Å²) in [6, 6.07) is 10.7. The molecule has 1 atom stereocenters. The highest BCUT2D eigenvalue weighted by Crippen LogP contribution is 2.49. The molecule has 2 heterocycles. The second-order valence-electron chi connectivity index (χ2n) is 7.02. The predicted molar refractivity (Wildman–Crippen MR) is 109 cm³/mol. The highest BCUT2D eigenvalue weighted by atomic mass is 35.5. The fraction of sp³-hybridized carbons (Fsp3) is 0.238. The minimum Gasteiger partial charge on any atom is -0.497 e. The average molecular weight is 433 g/mol. The molecule has 0 aliphatic carbocycles. The van der Waals surface area contributed by atoms with E-state index in [1.54, 1.807) is 30.2 Å². The number of carbonyl (C=O) groups excluding carboxylic acids is 1. The minimum atomic E-state index is -1.04. The zero-order valence-corrected chi connectivity index (χ0v) is 17.1. The summed E-state index contributed by atoms with van der Waals surface area (Å²) in [7, 11) is 1.59. The monoisotopic (exact) mass is 432 g/mol. The first kappa shape index (κ1) is 19.6. The summed E-state index contributed by atoms with van der Waals surface area (Å²) in [5, 5.41) is 10.1. The molecule has 6 nitrogen and oxygen atoms in total. The van der Waals surface area contributed by atoms with E-state index >= 15 is 0 Å². The molecule has 2 aliphatic rings. The van der Waals surface area contributed by atoms with Gasteiger partial charge in [-0.15, -0.1) is 0 Å². The highest BCUT2D eigenvalue weighted by molar-refractivity contribution is 6.36. The summed E-state index contributed by atoms with van der Waals surface area (Å²) in [4.78, 5) is 27.6. The van der Waals surface area contributed by atoms with E-state index in [0.717, 1.165) is 11.3 Å². The van der Waals surface area contributed by atoms with Crippen LogP contribution in [-0.4, -0.2) is 40.6 Å². The van der Waals surface area contributed by atoms with E-state index in [-0.39, 0.29) is 12.5 Å². The van der Waals surface area contributed by atoms with Crippen LogP contribution in [0.5, 0.6) is 5.75 Å². The number of nitrogens with zero attached hydrogens (tertiary/aromatic N) is 2. The molecule has 0 saturated heterocycles. The molecule has 0 aromatic heterocycles. The summed E-state index contributed by atoms with van der Waals surface area (Å²) in [6.07, 6.45) is 2.61. The number of amides is 2. The lowest BCUT2D eigenvalue weighted by molar-refractivity contribution is 0.0561. The van der Waals surface area contributed by atoms with E-state index in [1.165, 1.54) is 11.1 Å². The lowest BCUT2D eigenvalue weighted by atomic mass is 9.84. The van der Waals surface area contributed by atoms with Crippen LogP contribution in [0, 0.1) is 0 Å². The molecular weight excluding hydrogens is 415 g/mol. The quantitative estimate of drug-likeness (QED) is 0.759. The number of fused-ring (bicyclic) bond motifs is 2. The van der Waals surface area contributed by atoms with Crippen molar-refractivity contribution in [2.24, 2.45) is 0 Å². The van der Waals surface area contributed by atoms with Crippen molar-refractivity contribution < 1.29 is 19.4 Å². The summed E-state index contributed by atoms with van der Waals surface area (Å²) in [6.45, 7) is 0.583. The van der Waals surface area contributed by atoms with Crippen molar-refractivity contribution >= 4 is 35.2 Å². The summed E-state index contributed by atoms with van der Waals surface area (Å²) in [5.41, 5.74) is 1.20. The van der Waals surface area contributed by atoms with Gasteiger partial charge in [0.1, 0.15) is 5.75 Å². The number of ether oxygens (including phenoxy) is 1. The molecule has 2 aliphatic heterocycles. The molecule has 29 heavy (non-hydrogen) atoms. The topological polar surface area (TPSA) is 70.1 Å². The van der Waals surface area contributed by atoms with Gasteiger partial charge in [-0.05, 0) is 42.3 Å². The fourth-order valence-electron chi connectivity index (χ4n) is 4.02. The van der Waals surface area contributed by atoms with Crippen LogP contribution in [0.15, 0.2) is 48.7 Å². The fourth-order valence-corrected chi connectivity index (χ4v) is 4.68. The third kappa shape index (κ3) is 3.22. The summed E-state index contributed by atoms with van der Waals surface area (Å²) in [5.74, 6) is 0.539. The summed E-state index contributed by atoms with van der Waals surface area (Å²) < 4.78 is 5.20. The van der Waals surface area contributed by atoms with Gasteiger partial charge in [0.2, 0.25) is 0 Å². The van der Waals surface area contributed by atoms with Crippen molar-refractivity contribution in [2.45, 2.75) is 18.5 Å². The van der Waals surface area contributed by atoms with Gasteiger partial charge in [0.05, 0.1) is 12.6 Å². The number of hydrogen-bond acceptors (Lipinski definition) is 3. The van der Waals surface area contributed by atoms with Crippen molar-refractivity contribution in [1.82, 2.24) is 9.80 Å². The second kappa shape index (κ2) is 7.28. The van der Waals surface area contributed by atoms with Gasteiger partial charge >= 0.3 is 6.09 Å². The Bertz CT molecular complexity index is 1020. The van der Waals surface area contributed by atoms with Crippen molar-refractivity contribution in [1.29, 1.82) is 0 Å². The van der Waals surface area contributed by atoms with E-state index < -0.39 is 11.6 Å². The van der Waals surface area contributed by atoms with E-state index in [1.807, 2.05) is 24.3 Å². The molecule has 8 heteroatoms. The van der Waals surface area contributed by atoms with Crippen LogP contribution in [0.2, 0.25) is 10.0 Å². The molecule has 2 amide bonds. The smallest absolute Gasteiger partial charge is 0.411 e. The molecule has 0 fully saturated rings. The molecule has 0 saturated carbocycles. The van der Waals surface area contributed by atoms with Crippen LogP contribution in [0.25, 0.3) is 0 Å². The molecule has 4 rings (SSSR count). The van der Waals surface area contributed by atoms with Gasteiger partial charge in [-0.1, -0.05) is 35.3 Å². The third-order valence-corrected chi connectivity index (χ3v) is 5.97. The number of hydrogen-bond donors (Lipinski definition) is 1. The Morgan fingerprint density at radius 1 is 1.24 bits per heavy atom. The Labute approximate surface area is 177 Å². The zero-order chi connectivity index (χ0) is 20.8. The molecule has 0 bridgehead atoms. The van der Waals surface area contributed by atoms with Gasteiger partial charge in [-0.2, -0.15) is 0 Å². The predicted octanol–water partition coefficient (Wildman–Crippen LogP) is 4.75. The number of carboxylic acid groups (broad SMARTS) is 1. The summed E-state index contributed by atoms with van der Waals surface area (Å²) >= 11 is 12.7. The van der Waals surface area contributed by atoms with Crippen molar-refractivity contribution in [3.63, 3.8) is 0 Å². The van der Waals surface area contributed by atoms with Crippen LogP contribution in [0.3, 0.4) is 0 Å². The SMILES string of the molecule is COc1ccc(CN2C(=O)c3cc(Cl)cc(Cl)c3C23C=CN(C(=O)O)CC3)cc1. The Hall–Kier alpha value is -2.70. The van der Waals surface area contributed by atoms with Crippen LogP contribution >= 0.6 is 23.2 Å². The number of methoxy groups -OCH3 is 1. The number of rotatable bonds is 3. The largest absolute Gasteiger partial charge is 0.497 e. The normalized spacial score (nSPS) is 20.3. The molecular formula is C21H18Cl2N2O4. The first-order valence-corrected chi connectivity index (χ1v) is 9.74. The van der Waals surface area contributed by atoms with Crippen LogP contribution in [-0.2, 0) is 12.1 Å². The highest BCUT2D eigenvalue weighted by Gasteiger charge is 2.50. The zero-order valence-electron chi connectivity index (χ0n) is 15.6. The number of carbonyl (C=O) groups is 2. The van der Waals surface area contributed by atoms with Crippen LogP contribution in [0.1, 0.15) is 27.9 Å². The van der Waals surface area contributed by atoms with E-state index in [2.05, 4.69) is 0 Å². The van der Waals surface area contributed by atoms with E-state index in [4.69, 9.17) is 27.9 Å². The Balaban J connectivity index is 1.80. The van der Waals surface area contributed by atoms with Crippen molar-refractivity contribution in [3.8, 4) is 5.75 Å². The van der Waals surface area contributed by atoms with Gasteiger partial charge in [-0.25, -0.2) is 4.79 Å². The minimum absolute atomic E-state index is 0.186. The van der Waals surface area contributed by atoms with Crippen LogP contribution < -0.4 is 4.74 Å². The Morgan fingerprint density at radius 3 is 2.55 bits per heavy atom. The van der Waals surface area contributed by atoms with E-state index in [9.17, 15) is 14.7 Å². The average Bonchev–Trinajstić information content (AvgIpc) is 2.91. The Kier molecular flexibility index (Phi) is 4.92. The van der Waals surface area contributed by atoms with Gasteiger partial charge in [0.15, 0.2) is 0 Å². The number of halogens is 2. The molecule has 0 radical (unpaired) electrons. The maximum absolute atomic E-state index is 13.3. The van der Waals surface area contributed by atoms with Crippen molar-refractivity contribution in [2.75, 3.05) is 13.7 Å². The Morgan fingerprint density at radius 2 is 1.97 bits per heavy atom. The van der Waals surface area contributed by atoms with Gasteiger partial charge in [0.25, 0.3) is 5.91 Å². The standard InChI is InChI=1S/C21H18Cl2N2O4/c1-29-15-4-2-13(3-5-15)12-25-19(26)16-10-14(22)11-17(23)18(16)21(25)6-8-24(9-7-21)20(27)28/h2-6,8,10-11H,7,9,12H2,1H3,(H,27,28). The first-order valence-electron chi connectivity index (χ1n) is 8.99. The lowest BCUT2D eigenvalue weighted by Crippen LogP contribution is -2.47. The first-order chi connectivity index (χ1) is 13.9. The van der Waals surface area contributed by atoms with Crippen molar-refractivity contribution in [3.05, 3.63) is 75.4 Å². The maximum atomic E-state index is 13.3. The molecule has 2 aromatic rings. The molecule has 1 N–H and O–H groups in total. The van der Waals surface area contributed by atoms with Crippen LogP contribution in [0.4, 0.5) is 4.79 Å². The number of benzene rings is 2. The molecule has 1 spiro atoms. The maximum Gasteiger partial charge on any atom is 0.411 e. The molecule has 2 aromatic carbocycles.